The van der Waals surface area contributed by atoms with E-state index in [0.29, 0.717) is 23.7 Å². The maximum Gasteiger partial charge on any atom is 0.253 e. The van der Waals surface area contributed by atoms with E-state index in [0.717, 1.165) is 21.4 Å². The average Bonchev–Trinajstić information content (AvgIpc) is 3.24. The van der Waals surface area contributed by atoms with E-state index in [-0.39, 0.29) is 16.2 Å². The highest BCUT2D eigenvalue weighted by atomic mass is 79.9. The van der Waals surface area contributed by atoms with Crippen molar-refractivity contribution in [3.05, 3.63) is 50.8 Å². The topological polar surface area (TPSA) is 66.5 Å². The number of amides is 1. The van der Waals surface area contributed by atoms with Gasteiger partial charge in [0.25, 0.3) is 10.0 Å². The lowest BCUT2D eigenvalue weighted by atomic mass is 10.1. The molecule has 9 heteroatoms. The zero-order valence-corrected chi connectivity index (χ0v) is 18.0. The largest absolute Gasteiger partial charge is 0.348 e. The summed E-state index contributed by atoms with van der Waals surface area (Å²) in [6, 6.07) is 9.79. The number of carbonyl (C=O) groups is 1. The smallest absolute Gasteiger partial charge is 0.253 e. The zero-order chi connectivity index (χ0) is 18.9. The van der Waals surface area contributed by atoms with Crippen LogP contribution in [0.1, 0.15) is 31.4 Å². The van der Waals surface area contributed by atoms with Gasteiger partial charge in [0.2, 0.25) is 5.91 Å². The Morgan fingerprint density at radius 3 is 2.62 bits per heavy atom. The van der Waals surface area contributed by atoms with Gasteiger partial charge in [-0.25, -0.2) is 8.42 Å². The van der Waals surface area contributed by atoms with Crippen LogP contribution in [0.25, 0.3) is 0 Å². The number of sulfonamides is 1. The maximum absolute atomic E-state index is 12.8. The predicted octanol–water partition coefficient (Wildman–Crippen LogP) is 4.19. The molecule has 140 valence electrons. The van der Waals surface area contributed by atoms with Crippen molar-refractivity contribution in [2.24, 2.45) is 0 Å². The molecular formula is C17H18BrClN2O3S2. The quantitative estimate of drug-likeness (QED) is 0.702. The Hall–Kier alpha value is -0.930. The number of benzene rings is 1. The average molecular weight is 478 g/mol. The van der Waals surface area contributed by atoms with Crippen LogP contribution in [-0.4, -0.2) is 31.2 Å². The van der Waals surface area contributed by atoms with Crippen molar-refractivity contribution >= 4 is 54.8 Å². The second kappa shape index (κ2) is 7.98. The van der Waals surface area contributed by atoms with Gasteiger partial charge >= 0.3 is 0 Å². The summed E-state index contributed by atoms with van der Waals surface area (Å²) in [6.45, 7) is 2.22. The number of hydrogen-bond acceptors (Lipinski definition) is 4. The van der Waals surface area contributed by atoms with Crippen LogP contribution in [0.5, 0.6) is 0 Å². The van der Waals surface area contributed by atoms with E-state index in [1.165, 1.54) is 10.4 Å². The van der Waals surface area contributed by atoms with Crippen molar-refractivity contribution < 1.29 is 13.2 Å². The summed E-state index contributed by atoms with van der Waals surface area (Å²) < 4.78 is 28.5. The van der Waals surface area contributed by atoms with E-state index in [1.54, 1.807) is 6.07 Å². The Morgan fingerprint density at radius 1 is 1.31 bits per heavy atom. The number of halogens is 2. The van der Waals surface area contributed by atoms with Gasteiger partial charge in [-0.15, -0.1) is 11.3 Å². The summed E-state index contributed by atoms with van der Waals surface area (Å²) in [5.74, 6) is -0.274. The molecule has 1 N–H and O–H groups in total. The third-order valence-electron chi connectivity index (χ3n) is 4.35. The van der Waals surface area contributed by atoms with Crippen LogP contribution < -0.4 is 5.32 Å². The minimum Gasteiger partial charge on any atom is -0.348 e. The number of thiophene rings is 1. The lowest BCUT2D eigenvalue weighted by molar-refractivity contribution is -0.124. The van der Waals surface area contributed by atoms with Crippen LogP contribution >= 0.6 is 38.9 Å². The first-order chi connectivity index (χ1) is 12.3. The standard InChI is InChI=1S/C17H18BrClN2O3S2/c1-11(12-4-6-13(18)7-5-12)20-17(22)14-3-2-10-21(14)26(23,24)16-9-8-15(19)25-16/h4-9,11,14H,2-3,10H2,1H3,(H,20,22)/t11-,14-/m1/s1. The molecule has 26 heavy (non-hydrogen) atoms. The SMILES string of the molecule is C[C@@H](NC(=O)[C@H]1CCCN1S(=O)(=O)c1ccc(Cl)s1)c1ccc(Br)cc1. The summed E-state index contributed by atoms with van der Waals surface area (Å²) in [6.07, 6.45) is 1.17. The third-order valence-corrected chi connectivity index (χ3v) is 8.48. The molecule has 2 heterocycles. The van der Waals surface area contributed by atoms with E-state index in [1.807, 2.05) is 31.2 Å². The van der Waals surface area contributed by atoms with Gasteiger partial charge in [-0.05, 0) is 49.6 Å². The van der Waals surface area contributed by atoms with Gasteiger partial charge in [0.05, 0.1) is 10.4 Å². The maximum atomic E-state index is 12.8. The molecule has 0 bridgehead atoms. The molecule has 2 atom stereocenters. The molecule has 1 fully saturated rings. The van der Waals surface area contributed by atoms with Gasteiger partial charge in [0, 0.05) is 11.0 Å². The predicted molar refractivity (Wildman–Crippen MR) is 107 cm³/mol. The van der Waals surface area contributed by atoms with Crippen LogP contribution in [0.3, 0.4) is 0 Å². The van der Waals surface area contributed by atoms with Crippen LogP contribution in [-0.2, 0) is 14.8 Å². The Balaban J connectivity index is 1.75. The Kier molecular flexibility index (Phi) is 6.08. The fraction of sp³-hybridized carbons (Fsp3) is 0.353. The molecule has 1 aromatic carbocycles. The van der Waals surface area contributed by atoms with E-state index in [2.05, 4.69) is 21.2 Å². The molecule has 2 aromatic rings. The van der Waals surface area contributed by atoms with E-state index in [4.69, 9.17) is 11.6 Å². The fourth-order valence-electron chi connectivity index (χ4n) is 2.99. The fourth-order valence-corrected chi connectivity index (χ4v) is 6.52. The zero-order valence-electron chi connectivity index (χ0n) is 14.0. The molecule has 0 spiro atoms. The van der Waals surface area contributed by atoms with Crippen LogP contribution in [0.15, 0.2) is 45.1 Å². The summed E-state index contributed by atoms with van der Waals surface area (Å²) >= 11 is 10.3. The lowest BCUT2D eigenvalue weighted by Gasteiger charge is -2.24. The highest BCUT2D eigenvalue weighted by Crippen LogP contribution is 2.32. The molecule has 1 amide bonds. The molecule has 1 saturated heterocycles. The van der Waals surface area contributed by atoms with Gasteiger partial charge in [-0.2, -0.15) is 4.31 Å². The molecule has 1 aliphatic rings. The minimum atomic E-state index is -3.72. The molecule has 5 nitrogen and oxygen atoms in total. The molecular weight excluding hydrogens is 460 g/mol. The monoisotopic (exact) mass is 476 g/mol. The van der Waals surface area contributed by atoms with Crippen molar-refractivity contribution in [3.63, 3.8) is 0 Å². The van der Waals surface area contributed by atoms with Crippen molar-refractivity contribution in [3.8, 4) is 0 Å². The number of nitrogens with one attached hydrogen (secondary N) is 1. The Bertz CT molecular complexity index is 899. The number of rotatable bonds is 5. The molecule has 0 saturated carbocycles. The molecule has 0 unspecified atom stereocenters. The molecule has 0 aliphatic carbocycles. The van der Waals surface area contributed by atoms with Crippen LogP contribution in [0.2, 0.25) is 4.34 Å². The van der Waals surface area contributed by atoms with Crippen molar-refractivity contribution in [1.82, 2.24) is 9.62 Å². The van der Waals surface area contributed by atoms with Crippen LogP contribution in [0.4, 0.5) is 0 Å². The van der Waals surface area contributed by atoms with Gasteiger partial charge < -0.3 is 5.32 Å². The normalized spacial score (nSPS) is 19.4. The second-order valence-electron chi connectivity index (χ2n) is 6.11. The second-order valence-corrected chi connectivity index (χ2v) is 10.9. The summed E-state index contributed by atoms with van der Waals surface area (Å²) in [5, 5.41) is 2.93. The van der Waals surface area contributed by atoms with Crippen molar-refractivity contribution in [2.75, 3.05) is 6.54 Å². The minimum absolute atomic E-state index is 0.170. The van der Waals surface area contributed by atoms with E-state index >= 15 is 0 Å². The highest BCUT2D eigenvalue weighted by molar-refractivity contribution is 9.10. The number of carbonyl (C=O) groups excluding carboxylic acids is 1. The summed E-state index contributed by atoms with van der Waals surface area (Å²) in [5.41, 5.74) is 0.957. The van der Waals surface area contributed by atoms with Crippen molar-refractivity contribution in [2.45, 2.75) is 36.1 Å². The van der Waals surface area contributed by atoms with Crippen molar-refractivity contribution in [1.29, 1.82) is 0 Å². The van der Waals surface area contributed by atoms with Gasteiger partial charge in [-0.3, -0.25) is 4.79 Å². The van der Waals surface area contributed by atoms with Gasteiger partial charge in [0.1, 0.15) is 10.3 Å². The lowest BCUT2D eigenvalue weighted by Crippen LogP contribution is -2.46. The molecule has 0 radical (unpaired) electrons. The first-order valence-corrected chi connectivity index (χ1v) is 11.5. The summed E-state index contributed by atoms with van der Waals surface area (Å²) in [4.78, 5) is 12.7. The number of nitrogens with zero attached hydrogens (tertiary/aromatic N) is 1. The molecule has 1 aromatic heterocycles. The first kappa shape index (κ1) is 19.8. The third kappa shape index (κ3) is 4.14. The Morgan fingerprint density at radius 2 is 2.00 bits per heavy atom. The summed E-state index contributed by atoms with van der Waals surface area (Å²) in [7, 11) is -3.72. The molecule has 3 rings (SSSR count). The molecule has 1 aliphatic heterocycles. The van der Waals surface area contributed by atoms with Crippen LogP contribution in [0, 0.1) is 0 Å². The highest BCUT2D eigenvalue weighted by Gasteiger charge is 2.40. The van der Waals surface area contributed by atoms with E-state index in [9.17, 15) is 13.2 Å². The van der Waals surface area contributed by atoms with Gasteiger partial charge in [-0.1, -0.05) is 39.7 Å². The Labute approximate surface area is 170 Å². The first-order valence-electron chi connectivity index (χ1n) is 8.12. The van der Waals surface area contributed by atoms with Gasteiger partial charge in [0.15, 0.2) is 0 Å². The van der Waals surface area contributed by atoms with E-state index < -0.39 is 16.1 Å². The number of hydrogen-bond donors (Lipinski definition) is 1.